The van der Waals surface area contributed by atoms with Crippen molar-refractivity contribution in [1.29, 1.82) is 0 Å². The summed E-state index contributed by atoms with van der Waals surface area (Å²) in [4.78, 5) is 12.4. The zero-order valence-electron chi connectivity index (χ0n) is 14.8. The van der Waals surface area contributed by atoms with Crippen molar-refractivity contribution < 1.29 is 9.53 Å². The first kappa shape index (κ1) is 16.4. The number of hydrogen-bond donors (Lipinski definition) is 1. The molecule has 1 aromatic rings. The van der Waals surface area contributed by atoms with Gasteiger partial charge in [0.1, 0.15) is 5.75 Å². The van der Waals surface area contributed by atoms with Gasteiger partial charge in [0.15, 0.2) is 6.10 Å². The summed E-state index contributed by atoms with van der Waals surface area (Å²) in [5.74, 6) is 2.31. The molecule has 2 aliphatic rings. The van der Waals surface area contributed by atoms with E-state index in [0.29, 0.717) is 12.0 Å². The lowest BCUT2D eigenvalue weighted by Crippen LogP contribution is -2.44. The Labute approximate surface area is 139 Å². The molecule has 23 heavy (non-hydrogen) atoms. The third-order valence-corrected chi connectivity index (χ3v) is 5.47. The molecule has 0 unspecified atom stereocenters. The number of carbonyl (C=O) groups is 1. The van der Waals surface area contributed by atoms with E-state index in [1.165, 1.54) is 24.8 Å². The molecule has 2 fully saturated rings. The lowest BCUT2D eigenvalue weighted by molar-refractivity contribution is -0.128. The van der Waals surface area contributed by atoms with Gasteiger partial charge in [-0.1, -0.05) is 39.3 Å². The number of benzene rings is 1. The number of carbonyl (C=O) groups excluding carboxylic acids is 1. The fourth-order valence-corrected chi connectivity index (χ4v) is 4.01. The van der Waals surface area contributed by atoms with Crippen molar-refractivity contribution in [3.05, 3.63) is 29.8 Å². The summed E-state index contributed by atoms with van der Waals surface area (Å²) in [6, 6.07) is 8.45. The van der Waals surface area contributed by atoms with Crippen LogP contribution in [0.4, 0.5) is 0 Å². The second-order valence-electron chi connectivity index (χ2n) is 8.32. The van der Waals surface area contributed by atoms with E-state index in [2.05, 4.69) is 38.2 Å². The van der Waals surface area contributed by atoms with Crippen LogP contribution in [0.3, 0.4) is 0 Å². The average Bonchev–Trinajstić information content (AvgIpc) is 3.09. The van der Waals surface area contributed by atoms with Gasteiger partial charge in [0.05, 0.1) is 0 Å². The second kappa shape index (κ2) is 6.18. The van der Waals surface area contributed by atoms with E-state index in [0.717, 1.165) is 18.1 Å². The summed E-state index contributed by atoms with van der Waals surface area (Å²) >= 11 is 0. The zero-order chi connectivity index (χ0) is 16.6. The smallest absolute Gasteiger partial charge is 0.261 e. The maximum Gasteiger partial charge on any atom is 0.261 e. The van der Waals surface area contributed by atoms with Crippen molar-refractivity contribution in [2.24, 2.45) is 11.8 Å². The van der Waals surface area contributed by atoms with Gasteiger partial charge in [-0.25, -0.2) is 0 Å². The van der Waals surface area contributed by atoms with E-state index in [4.69, 9.17) is 4.74 Å². The number of hydrogen-bond acceptors (Lipinski definition) is 2. The van der Waals surface area contributed by atoms with Gasteiger partial charge in [-0.05, 0) is 61.1 Å². The van der Waals surface area contributed by atoms with Crippen LogP contribution in [0.1, 0.15) is 58.9 Å². The van der Waals surface area contributed by atoms with Crippen molar-refractivity contribution in [3.8, 4) is 5.75 Å². The maximum atomic E-state index is 12.4. The molecule has 1 N–H and O–H groups in total. The summed E-state index contributed by atoms with van der Waals surface area (Å²) in [6.45, 7) is 8.40. The molecule has 3 nitrogen and oxygen atoms in total. The van der Waals surface area contributed by atoms with Gasteiger partial charge in [0, 0.05) is 6.04 Å². The SMILES string of the molecule is C[C@@H](Oc1ccc(C(C)(C)C)cc1)C(=O)N[C@H]1C[C@H]2CC[C@H]1C2. The van der Waals surface area contributed by atoms with Crippen LogP contribution in [0.2, 0.25) is 0 Å². The number of rotatable bonds is 4. The van der Waals surface area contributed by atoms with E-state index in [-0.39, 0.29) is 11.3 Å². The Bertz CT molecular complexity index is 558. The van der Waals surface area contributed by atoms with E-state index in [1.807, 2.05) is 19.1 Å². The fourth-order valence-electron chi connectivity index (χ4n) is 4.01. The molecular weight excluding hydrogens is 286 g/mol. The molecule has 1 amide bonds. The van der Waals surface area contributed by atoms with Gasteiger partial charge in [-0.15, -0.1) is 0 Å². The Kier molecular flexibility index (Phi) is 4.39. The lowest BCUT2D eigenvalue weighted by Gasteiger charge is -2.25. The third kappa shape index (κ3) is 3.70. The van der Waals surface area contributed by atoms with Crippen LogP contribution in [0.15, 0.2) is 24.3 Å². The first-order chi connectivity index (χ1) is 10.8. The standard InChI is InChI=1S/C20H29NO2/c1-13(19(22)21-18-12-14-5-6-15(18)11-14)23-17-9-7-16(8-10-17)20(2,3)4/h7-10,13-15,18H,5-6,11-12H2,1-4H3,(H,21,22)/t13-,14+,15+,18+/m1/s1. The van der Waals surface area contributed by atoms with E-state index >= 15 is 0 Å². The largest absolute Gasteiger partial charge is 0.481 e. The molecule has 0 heterocycles. The Balaban J connectivity index is 1.54. The Morgan fingerprint density at radius 2 is 1.87 bits per heavy atom. The van der Waals surface area contributed by atoms with Crippen molar-refractivity contribution in [1.82, 2.24) is 5.32 Å². The molecule has 4 atom stereocenters. The van der Waals surface area contributed by atoms with Crippen LogP contribution < -0.4 is 10.1 Å². The normalized spacial score (nSPS) is 27.7. The highest BCUT2D eigenvalue weighted by atomic mass is 16.5. The van der Waals surface area contributed by atoms with Crippen molar-refractivity contribution in [3.63, 3.8) is 0 Å². The molecule has 0 radical (unpaired) electrons. The quantitative estimate of drug-likeness (QED) is 0.910. The zero-order valence-corrected chi connectivity index (χ0v) is 14.8. The summed E-state index contributed by atoms with van der Waals surface area (Å²) in [6.07, 6.45) is 4.63. The Morgan fingerprint density at radius 3 is 2.39 bits per heavy atom. The van der Waals surface area contributed by atoms with Crippen molar-refractivity contribution >= 4 is 5.91 Å². The molecule has 0 aromatic heterocycles. The minimum atomic E-state index is -0.449. The van der Waals surface area contributed by atoms with Crippen LogP contribution in [0.5, 0.6) is 5.75 Å². The summed E-state index contributed by atoms with van der Waals surface area (Å²) in [5.41, 5.74) is 1.40. The summed E-state index contributed by atoms with van der Waals surface area (Å²) in [5, 5.41) is 3.20. The minimum absolute atomic E-state index is 0.0162. The van der Waals surface area contributed by atoms with E-state index < -0.39 is 6.10 Å². The van der Waals surface area contributed by atoms with Crippen LogP contribution in [-0.4, -0.2) is 18.1 Å². The molecule has 0 aliphatic heterocycles. The third-order valence-electron chi connectivity index (χ3n) is 5.47. The van der Waals surface area contributed by atoms with Crippen molar-refractivity contribution in [2.75, 3.05) is 0 Å². The molecule has 1 aromatic carbocycles. The first-order valence-electron chi connectivity index (χ1n) is 8.90. The summed E-state index contributed by atoms with van der Waals surface area (Å²) in [7, 11) is 0. The molecule has 0 spiro atoms. The van der Waals surface area contributed by atoms with Crippen LogP contribution in [-0.2, 0) is 10.2 Å². The Morgan fingerprint density at radius 1 is 1.17 bits per heavy atom. The average molecular weight is 315 g/mol. The van der Waals surface area contributed by atoms with Gasteiger partial charge in [0.25, 0.3) is 5.91 Å². The fraction of sp³-hybridized carbons (Fsp3) is 0.650. The molecule has 3 heteroatoms. The molecule has 2 bridgehead atoms. The van der Waals surface area contributed by atoms with E-state index in [9.17, 15) is 4.79 Å². The number of nitrogens with one attached hydrogen (secondary N) is 1. The Hall–Kier alpha value is -1.51. The molecule has 126 valence electrons. The van der Waals surface area contributed by atoms with Gasteiger partial charge < -0.3 is 10.1 Å². The highest BCUT2D eigenvalue weighted by molar-refractivity contribution is 5.81. The lowest BCUT2D eigenvalue weighted by atomic mass is 9.87. The second-order valence-corrected chi connectivity index (χ2v) is 8.32. The first-order valence-corrected chi connectivity index (χ1v) is 8.90. The van der Waals surface area contributed by atoms with Gasteiger partial charge in [0.2, 0.25) is 0 Å². The van der Waals surface area contributed by atoms with E-state index in [1.54, 1.807) is 0 Å². The predicted octanol–water partition coefficient (Wildman–Crippen LogP) is 4.06. The number of fused-ring (bicyclic) bond motifs is 2. The maximum absolute atomic E-state index is 12.4. The predicted molar refractivity (Wildman–Crippen MR) is 92.6 cm³/mol. The molecule has 3 rings (SSSR count). The molecule has 0 saturated heterocycles. The van der Waals surface area contributed by atoms with Gasteiger partial charge in [-0.3, -0.25) is 4.79 Å². The number of amides is 1. The molecular formula is C20H29NO2. The summed E-state index contributed by atoms with van der Waals surface area (Å²) < 4.78 is 5.82. The van der Waals surface area contributed by atoms with Crippen LogP contribution >= 0.6 is 0 Å². The van der Waals surface area contributed by atoms with Crippen LogP contribution in [0.25, 0.3) is 0 Å². The molecule has 2 aliphatic carbocycles. The topological polar surface area (TPSA) is 38.3 Å². The number of ether oxygens (including phenoxy) is 1. The van der Waals surface area contributed by atoms with Crippen molar-refractivity contribution in [2.45, 2.75) is 70.9 Å². The van der Waals surface area contributed by atoms with Gasteiger partial charge >= 0.3 is 0 Å². The highest BCUT2D eigenvalue weighted by Crippen LogP contribution is 2.44. The monoisotopic (exact) mass is 315 g/mol. The minimum Gasteiger partial charge on any atom is -0.481 e. The van der Waals surface area contributed by atoms with Gasteiger partial charge in [-0.2, -0.15) is 0 Å². The molecule has 2 saturated carbocycles. The highest BCUT2D eigenvalue weighted by Gasteiger charge is 2.40. The van der Waals surface area contributed by atoms with Crippen LogP contribution in [0, 0.1) is 11.8 Å².